The van der Waals surface area contributed by atoms with E-state index in [1.807, 2.05) is 25.1 Å². The molecular formula is C15H23NO4. The molecule has 0 saturated carbocycles. The van der Waals surface area contributed by atoms with E-state index in [2.05, 4.69) is 5.32 Å². The molecule has 0 fully saturated rings. The molecule has 1 N–H and O–H groups in total. The summed E-state index contributed by atoms with van der Waals surface area (Å²) in [6.45, 7) is 6.67. The average molecular weight is 281 g/mol. The van der Waals surface area contributed by atoms with E-state index in [1.54, 1.807) is 27.0 Å². The van der Waals surface area contributed by atoms with Crippen molar-refractivity contribution in [2.75, 3.05) is 26.9 Å². The summed E-state index contributed by atoms with van der Waals surface area (Å²) in [7, 11) is 1.60. The van der Waals surface area contributed by atoms with Crippen molar-refractivity contribution in [2.24, 2.45) is 0 Å². The highest BCUT2D eigenvalue weighted by Gasteiger charge is 2.35. The number of ether oxygens (including phenoxy) is 3. The van der Waals surface area contributed by atoms with Gasteiger partial charge < -0.3 is 14.2 Å². The molecule has 0 saturated heterocycles. The first-order valence-corrected chi connectivity index (χ1v) is 6.74. The molecule has 0 radical (unpaired) electrons. The molecular weight excluding hydrogens is 258 g/mol. The number of hydrogen-bond donors (Lipinski definition) is 1. The number of nitrogens with one attached hydrogen (secondary N) is 1. The van der Waals surface area contributed by atoms with Gasteiger partial charge in [-0.25, -0.2) is 4.79 Å². The van der Waals surface area contributed by atoms with Crippen LogP contribution in [0, 0.1) is 0 Å². The molecule has 1 atom stereocenters. The zero-order chi connectivity index (χ0) is 15.0. The molecule has 0 aliphatic carbocycles. The maximum Gasteiger partial charge on any atom is 0.329 e. The van der Waals surface area contributed by atoms with Gasteiger partial charge in [-0.05, 0) is 32.5 Å². The van der Waals surface area contributed by atoms with Crippen molar-refractivity contribution in [3.05, 3.63) is 24.3 Å². The first-order valence-electron chi connectivity index (χ1n) is 6.74. The van der Waals surface area contributed by atoms with Crippen LogP contribution in [0.25, 0.3) is 0 Å². The quantitative estimate of drug-likeness (QED) is 0.739. The highest BCUT2D eigenvalue weighted by atomic mass is 16.5. The third-order valence-corrected chi connectivity index (χ3v) is 2.86. The van der Waals surface area contributed by atoms with Gasteiger partial charge in [-0.1, -0.05) is 13.0 Å². The van der Waals surface area contributed by atoms with E-state index in [9.17, 15) is 4.79 Å². The second kappa shape index (κ2) is 7.75. The summed E-state index contributed by atoms with van der Waals surface area (Å²) in [4.78, 5) is 12.0. The zero-order valence-electron chi connectivity index (χ0n) is 12.6. The molecule has 1 aromatic rings. The van der Waals surface area contributed by atoms with Crippen molar-refractivity contribution in [1.82, 2.24) is 5.32 Å². The van der Waals surface area contributed by atoms with Gasteiger partial charge in [0.2, 0.25) is 0 Å². The van der Waals surface area contributed by atoms with E-state index < -0.39 is 5.54 Å². The van der Waals surface area contributed by atoms with Crippen LogP contribution in [-0.4, -0.2) is 38.4 Å². The second-order valence-corrected chi connectivity index (χ2v) is 4.55. The predicted octanol–water partition coefficient (Wildman–Crippen LogP) is 2.01. The van der Waals surface area contributed by atoms with Crippen molar-refractivity contribution in [1.29, 1.82) is 0 Å². The van der Waals surface area contributed by atoms with Gasteiger partial charge in [0.1, 0.15) is 23.6 Å². The summed E-state index contributed by atoms with van der Waals surface area (Å²) >= 11 is 0. The fourth-order valence-electron chi connectivity index (χ4n) is 1.78. The van der Waals surface area contributed by atoms with Crippen LogP contribution in [0.2, 0.25) is 0 Å². The molecule has 0 spiro atoms. The van der Waals surface area contributed by atoms with E-state index >= 15 is 0 Å². The Labute approximate surface area is 120 Å². The summed E-state index contributed by atoms with van der Waals surface area (Å²) in [6.07, 6.45) is 0. The van der Waals surface area contributed by atoms with Gasteiger partial charge in [0.05, 0.1) is 13.7 Å². The SMILES string of the molecule is CCNC(C)(COc1cccc(OC)c1)C(=O)OCC. The minimum Gasteiger partial charge on any atom is -0.497 e. The Balaban J connectivity index is 2.72. The highest BCUT2D eigenvalue weighted by molar-refractivity contribution is 5.80. The molecule has 0 aromatic heterocycles. The molecule has 20 heavy (non-hydrogen) atoms. The van der Waals surface area contributed by atoms with Gasteiger partial charge in [-0.2, -0.15) is 0 Å². The number of benzene rings is 1. The molecule has 0 heterocycles. The Morgan fingerprint density at radius 2 is 2.00 bits per heavy atom. The summed E-state index contributed by atoms with van der Waals surface area (Å²) < 4.78 is 15.9. The monoisotopic (exact) mass is 281 g/mol. The summed E-state index contributed by atoms with van der Waals surface area (Å²) in [5.74, 6) is 1.05. The van der Waals surface area contributed by atoms with Crippen LogP contribution >= 0.6 is 0 Å². The number of carbonyl (C=O) groups excluding carboxylic acids is 1. The van der Waals surface area contributed by atoms with Crippen molar-refractivity contribution in [3.8, 4) is 11.5 Å². The van der Waals surface area contributed by atoms with Gasteiger partial charge in [0.25, 0.3) is 0 Å². The number of hydrogen-bond acceptors (Lipinski definition) is 5. The predicted molar refractivity (Wildman–Crippen MR) is 77.2 cm³/mol. The lowest BCUT2D eigenvalue weighted by atomic mass is 10.0. The standard InChI is InChI=1S/C15H23NO4/c1-5-16-15(3,14(17)19-6-2)11-20-13-9-7-8-12(10-13)18-4/h7-10,16H,5-6,11H2,1-4H3. The van der Waals surface area contributed by atoms with Crippen LogP contribution in [0.1, 0.15) is 20.8 Å². The van der Waals surface area contributed by atoms with Crippen LogP contribution in [0.3, 0.4) is 0 Å². The van der Waals surface area contributed by atoms with Gasteiger partial charge >= 0.3 is 5.97 Å². The third kappa shape index (κ3) is 4.42. The summed E-state index contributed by atoms with van der Waals surface area (Å²) in [5, 5.41) is 3.11. The lowest BCUT2D eigenvalue weighted by molar-refractivity contribution is -0.151. The average Bonchev–Trinajstić information content (AvgIpc) is 2.46. The van der Waals surface area contributed by atoms with E-state index in [0.29, 0.717) is 24.7 Å². The van der Waals surface area contributed by atoms with Crippen molar-refractivity contribution in [2.45, 2.75) is 26.3 Å². The third-order valence-electron chi connectivity index (χ3n) is 2.86. The lowest BCUT2D eigenvalue weighted by Gasteiger charge is -2.28. The molecule has 5 nitrogen and oxygen atoms in total. The van der Waals surface area contributed by atoms with E-state index in [0.717, 1.165) is 0 Å². The van der Waals surface area contributed by atoms with E-state index in [4.69, 9.17) is 14.2 Å². The molecule has 0 aliphatic heterocycles. The minimum absolute atomic E-state index is 0.187. The summed E-state index contributed by atoms with van der Waals surface area (Å²) in [5.41, 5.74) is -0.867. The van der Waals surface area contributed by atoms with Crippen LogP contribution in [0.5, 0.6) is 11.5 Å². The Morgan fingerprint density at radius 3 is 2.60 bits per heavy atom. The van der Waals surface area contributed by atoms with Crippen molar-refractivity contribution in [3.63, 3.8) is 0 Å². The molecule has 1 unspecified atom stereocenters. The fourth-order valence-corrected chi connectivity index (χ4v) is 1.78. The van der Waals surface area contributed by atoms with Gasteiger partial charge in [0.15, 0.2) is 0 Å². The molecule has 1 aromatic carbocycles. The van der Waals surface area contributed by atoms with Crippen molar-refractivity contribution < 1.29 is 19.0 Å². The maximum atomic E-state index is 12.0. The maximum absolute atomic E-state index is 12.0. The lowest BCUT2D eigenvalue weighted by Crippen LogP contribution is -2.54. The fraction of sp³-hybridized carbons (Fsp3) is 0.533. The number of likely N-dealkylation sites (N-methyl/N-ethyl adjacent to an activating group) is 1. The number of rotatable bonds is 8. The number of carbonyl (C=O) groups is 1. The molecule has 0 amide bonds. The van der Waals surface area contributed by atoms with Crippen LogP contribution in [-0.2, 0) is 9.53 Å². The smallest absolute Gasteiger partial charge is 0.329 e. The topological polar surface area (TPSA) is 56.8 Å². The number of methoxy groups -OCH3 is 1. The Kier molecular flexibility index (Phi) is 6.31. The zero-order valence-corrected chi connectivity index (χ0v) is 12.6. The first kappa shape index (κ1) is 16.3. The van der Waals surface area contributed by atoms with Gasteiger partial charge in [-0.15, -0.1) is 0 Å². The van der Waals surface area contributed by atoms with Gasteiger partial charge in [-0.3, -0.25) is 5.32 Å². The molecule has 0 aliphatic rings. The second-order valence-electron chi connectivity index (χ2n) is 4.55. The largest absolute Gasteiger partial charge is 0.497 e. The van der Waals surface area contributed by atoms with Crippen molar-refractivity contribution >= 4 is 5.97 Å². The minimum atomic E-state index is -0.867. The van der Waals surface area contributed by atoms with Gasteiger partial charge in [0, 0.05) is 6.07 Å². The van der Waals surface area contributed by atoms with Crippen LogP contribution < -0.4 is 14.8 Å². The Morgan fingerprint density at radius 1 is 1.30 bits per heavy atom. The van der Waals surface area contributed by atoms with E-state index in [-0.39, 0.29) is 12.6 Å². The molecule has 1 rings (SSSR count). The number of esters is 1. The first-order chi connectivity index (χ1) is 9.55. The molecule has 112 valence electrons. The normalized spacial score (nSPS) is 13.4. The van der Waals surface area contributed by atoms with Crippen LogP contribution in [0.15, 0.2) is 24.3 Å². The van der Waals surface area contributed by atoms with Crippen LogP contribution in [0.4, 0.5) is 0 Å². The Bertz CT molecular complexity index is 436. The Hall–Kier alpha value is -1.75. The van der Waals surface area contributed by atoms with E-state index in [1.165, 1.54) is 0 Å². The molecule has 5 heteroatoms. The summed E-state index contributed by atoms with van der Waals surface area (Å²) in [6, 6.07) is 7.27. The highest BCUT2D eigenvalue weighted by Crippen LogP contribution is 2.20. The molecule has 0 bridgehead atoms.